The van der Waals surface area contributed by atoms with Crippen molar-refractivity contribution in [3.63, 3.8) is 0 Å². The number of hydrogen-bond acceptors (Lipinski definition) is 5. The summed E-state index contributed by atoms with van der Waals surface area (Å²) in [6, 6.07) is -0.223. The summed E-state index contributed by atoms with van der Waals surface area (Å²) in [6.07, 6.45) is 2.51. The van der Waals surface area contributed by atoms with Gasteiger partial charge in [-0.05, 0) is 25.7 Å². The number of amides is 1. The maximum absolute atomic E-state index is 12.1. The van der Waals surface area contributed by atoms with Crippen molar-refractivity contribution in [1.29, 1.82) is 0 Å². The van der Waals surface area contributed by atoms with Gasteiger partial charge in [0.15, 0.2) is 0 Å². The third-order valence-electron chi connectivity index (χ3n) is 3.98. The fourth-order valence-electron chi connectivity index (χ4n) is 3.12. The molecular weight excluding hydrogens is 272 g/mol. The lowest BCUT2D eigenvalue weighted by Gasteiger charge is -2.30. The summed E-state index contributed by atoms with van der Waals surface area (Å²) >= 11 is 0. The Morgan fingerprint density at radius 2 is 2.05 bits per heavy atom. The molecule has 0 aromatic carbocycles. The molecule has 1 amide bonds. The van der Waals surface area contributed by atoms with Gasteiger partial charge in [-0.3, -0.25) is 0 Å². The van der Waals surface area contributed by atoms with Crippen LogP contribution in [0.5, 0.6) is 0 Å². The van der Waals surface area contributed by atoms with Crippen molar-refractivity contribution in [2.24, 2.45) is 5.92 Å². The molecule has 110 valence electrons. The lowest BCUT2D eigenvalue weighted by molar-refractivity contribution is 0.0971. The van der Waals surface area contributed by atoms with Crippen LogP contribution >= 0.6 is 0 Å². The zero-order valence-corrected chi connectivity index (χ0v) is 11.7. The topological polar surface area (TPSA) is 95.9 Å². The molecular formula is C11H20N2O5S. The molecule has 0 spiro atoms. The maximum Gasteiger partial charge on any atom is 0.421 e. The van der Waals surface area contributed by atoms with Gasteiger partial charge in [-0.1, -0.05) is 6.42 Å². The van der Waals surface area contributed by atoms with E-state index in [2.05, 4.69) is 4.74 Å². The molecule has 2 fully saturated rings. The SMILES string of the molecule is COC(=O)NS(=O)(=O)N1CCCC1C1CCCC1O. The summed E-state index contributed by atoms with van der Waals surface area (Å²) in [7, 11) is -2.77. The first-order chi connectivity index (χ1) is 8.95. The number of carbonyl (C=O) groups excluding carboxylic acids is 1. The van der Waals surface area contributed by atoms with Crippen LogP contribution in [-0.2, 0) is 14.9 Å². The summed E-state index contributed by atoms with van der Waals surface area (Å²) < 4.78 is 31.7. The van der Waals surface area contributed by atoms with Gasteiger partial charge < -0.3 is 9.84 Å². The smallest absolute Gasteiger partial charge is 0.421 e. The van der Waals surface area contributed by atoms with Crippen molar-refractivity contribution in [3.8, 4) is 0 Å². The quantitative estimate of drug-likeness (QED) is 0.775. The second kappa shape index (κ2) is 5.64. The first-order valence-corrected chi connectivity index (χ1v) is 7.95. The van der Waals surface area contributed by atoms with Crippen LogP contribution in [0.3, 0.4) is 0 Å². The zero-order chi connectivity index (χ0) is 14.0. The van der Waals surface area contributed by atoms with Crippen LogP contribution in [-0.4, -0.2) is 49.7 Å². The van der Waals surface area contributed by atoms with Crippen molar-refractivity contribution in [3.05, 3.63) is 0 Å². The fraction of sp³-hybridized carbons (Fsp3) is 0.909. The van der Waals surface area contributed by atoms with Gasteiger partial charge in [0.25, 0.3) is 0 Å². The Morgan fingerprint density at radius 3 is 2.63 bits per heavy atom. The maximum atomic E-state index is 12.1. The molecule has 0 aromatic heterocycles. The number of aliphatic hydroxyl groups is 1. The Kier molecular flexibility index (Phi) is 4.32. The van der Waals surface area contributed by atoms with Crippen LogP contribution in [0.4, 0.5) is 4.79 Å². The number of aliphatic hydroxyl groups excluding tert-OH is 1. The van der Waals surface area contributed by atoms with Gasteiger partial charge in [-0.2, -0.15) is 12.7 Å². The number of ether oxygens (including phenoxy) is 1. The van der Waals surface area contributed by atoms with E-state index in [0.717, 1.165) is 39.2 Å². The van der Waals surface area contributed by atoms with Crippen molar-refractivity contribution in [2.45, 2.75) is 44.2 Å². The standard InChI is InChI=1S/C11H20N2O5S/c1-18-11(15)12-19(16,17)13-7-3-5-9(13)8-4-2-6-10(8)14/h8-10,14H,2-7H2,1H3,(H,12,15). The Labute approximate surface area is 113 Å². The average Bonchev–Trinajstić information content (AvgIpc) is 2.96. The van der Waals surface area contributed by atoms with E-state index in [0.29, 0.717) is 6.54 Å². The Morgan fingerprint density at radius 1 is 1.32 bits per heavy atom. The van der Waals surface area contributed by atoms with Gasteiger partial charge in [0, 0.05) is 18.5 Å². The van der Waals surface area contributed by atoms with Crippen LogP contribution in [0.2, 0.25) is 0 Å². The molecule has 0 radical (unpaired) electrons. The third-order valence-corrected chi connectivity index (χ3v) is 5.48. The minimum Gasteiger partial charge on any atom is -0.452 e. The van der Waals surface area contributed by atoms with Crippen LogP contribution in [0.25, 0.3) is 0 Å². The Hall–Kier alpha value is -0.860. The van der Waals surface area contributed by atoms with Crippen molar-refractivity contribution < 1.29 is 23.1 Å². The molecule has 2 aliphatic rings. The second-order valence-corrected chi connectivity index (χ2v) is 6.70. The molecule has 7 nitrogen and oxygen atoms in total. The normalized spacial score (nSPS) is 32.4. The third kappa shape index (κ3) is 3.01. The predicted octanol–water partition coefficient (Wildman–Crippen LogP) is 0.213. The van der Waals surface area contributed by atoms with Gasteiger partial charge in [-0.15, -0.1) is 0 Å². The van der Waals surface area contributed by atoms with Crippen LogP contribution in [0.1, 0.15) is 32.1 Å². The van der Waals surface area contributed by atoms with Crippen molar-refractivity contribution >= 4 is 16.3 Å². The number of nitrogens with zero attached hydrogens (tertiary/aromatic N) is 1. The molecule has 3 atom stereocenters. The first kappa shape index (κ1) is 14.5. The van der Waals surface area contributed by atoms with Gasteiger partial charge in [0.05, 0.1) is 13.2 Å². The summed E-state index contributed by atoms with van der Waals surface area (Å²) in [5.74, 6) is -0.0308. The van der Waals surface area contributed by atoms with Gasteiger partial charge in [0.1, 0.15) is 0 Å². The minimum absolute atomic E-state index is 0.0308. The van der Waals surface area contributed by atoms with E-state index >= 15 is 0 Å². The molecule has 1 heterocycles. The number of hydrogen-bond donors (Lipinski definition) is 2. The molecule has 1 saturated heterocycles. The zero-order valence-electron chi connectivity index (χ0n) is 10.9. The lowest BCUT2D eigenvalue weighted by Crippen LogP contribution is -2.49. The molecule has 19 heavy (non-hydrogen) atoms. The minimum atomic E-state index is -3.88. The highest BCUT2D eigenvalue weighted by Crippen LogP contribution is 2.36. The van der Waals surface area contributed by atoms with Crippen molar-refractivity contribution in [2.75, 3.05) is 13.7 Å². The number of rotatable bonds is 3. The molecule has 1 aliphatic heterocycles. The van der Waals surface area contributed by atoms with Crippen molar-refractivity contribution in [1.82, 2.24) is 9.03 Å². The van der Waals surface area contributed by atoms with E-state index in [1.54, 1.807) is 0 Å². The van der Waals surface area contributed by atoms with E-state index in [-0.39, 0.29) is 12.0 Å². The van der Waals surface area contributed by atoms with E-state index in [9.17, 15) is 18.3 Å². The van der Waals surface area contributed by atoms with Crippen LogP contribution in [0, 0.1) is 5.92 Å². The first-order valence-electron chi connectivity index (χ1n) is 6.51. The van der Waals surface area contributed by atoms with E-state index in [1.807, 2.05) is 4.72 Å². The summed E-state index contributed by atoms with van der Waals surface area (Å²) in [4.78, 5) is 11.1. The van der Waals surface area contributed by atoms with Crippen LogP contribution < -0.4 is 4.72 Å². The monoisotopic (exact) mass is 292 g/mol. The average molecular weight is 292 g/mol. The van der Waals surface area contributed by atoms with E-state index < -0.39 is 22.4 Å². The molecule has 2 N–H and O–H groups in total. The molecule has 8 heteroatoms. The molecule has 1 aliphatic carbocycles. The highest BCUT2D eigenvalue weighted by atomic mass is 32.2. The Balaban J connectivity index is 2.12. The van der Waals surface area contributed by atoms with Gasteiger partial charge in [-0.25, -0.2) is 9.52 Å². The number of nitrogens with one attached hydrogen (secondary N) is 1. The number of methoxy groups -OCH3 is 1. The number of carbonyl (C=O) groups is 1. The molecule has 2 rings (SSSR count). The summed E-state index contributed by atoms with van der Waals surface area (Å²) in [6.45, 7) is 0.375. The van der Waals surface area contributed by atoms with E-state index in [1.165, 1.54) is 4.31 Å². The lowest BCUT2D eigenvalue weighted by atomic mass is 9.95. The Bertz CT molecular complexity index is 438. The molecule has 3 unspecified atom stereocenters. The predicted molar refractivity (Wildman–Crippen MR) is 67.5 cm³/mol. The molecule has 0 bridgehead atoms. The van der Waals surface area contributed by atoms with Crippen LogP contribution in [0.15, 0.2) is 0 Å². The summed E-state index contributed by atoms with van der Waals surface area (Å²) in [5, 5.41) is 9.93. The second-order valence-electron chi connectivity index (χ2n) is 5.08. The van der Waals surface area contributed by atoms with Gasteiger partial charge in [0.2, 0.25) is 0 Å². The molecule has 1 saturated carbocycles. The van der Waals surface area contributed by atoms with Gasteiger partial charge >= 0.3 is 16.3 Å². The van der Waals surface area contributed by atoms with E-state index in [4.69, 9.17) is 0 Å². The highest BCUT2D eigenvalue weighted by molar-refractivity contribution is 7.87. The fourth-order valence-corrected chi connectivity index (χ4v) is 4.51. The summed E-state index contributed by atoms with van der Waals surface area (Å²) in [5.41, 5.74) is 0. The molecule has 0 aromatic rings. The largest absolute Gasteiger partial charge is 0.452 e. The highest BCUT2D eigenvalue weighted by Gasteiger charge is 2.43.